The molecule has 0 bridgehead atoms. The monoisotopic (exact) mass is 422 g/mol. The molecule has 162 valence electrons. The van der Waals surface area contributed by atoms with Crippen LogP contribution in [-0.4, -0.2) is 25.0 Å². The van der Waals surface area contributed by atoms with Crippen LogP contribution in [0.2, 0.25) is 18.1 Å². The molecule has 1 aliphatic heterocycles. The van der Waals surface area contributed by atoms with Gasteiger partial charge in [-0.2, -0.15) is 0 Å². The van der Waals surface area contributed by atoms with Crippen molar-refractivity contribution in [1.82, 2.24) is 0 Å². The van der Waals surface area contributed by atoms with Crippen LogP contribution in [0.15, 0.2) is 30.0 Å². The summed E-state index contributed by atoms with van der Waals surface area (Å²) in [6, 6.07) is 4.78. The Kier molecular flexibility index (Phi) is 7.00. The van der Waals surface area contributed by atoms with E-state index in [2.05, 4.69) is 33.9 Å². The quantitative estimate of drug-likeness (QED) is 0.428. The van der Waals surface area contributed by atoms with Crippen LogP contribution in [0.1, 0.15) is 58.6 Å². The van der Waals surface area contributed by atoms with Crippen LogP contribution in [-0.2, 0) is 27.0 Å². The van der Waals surface area contributed by atoms with E-state index in [1.54, 1.807) is 6.07 Å². The normalized spacial score (nSPS) is 20.6. The van der Waals surface area contributed by atoms with E-state index in [-0.39, 0.29) is 22.5 Å². The predicted molar refractivity (Wildman–Crippen MR) is 116 cm³/mol. The molecular formula is C23H35FO4Si. The van der Waals surface area contributed by atoms with Gasteiger partial charge in [0.25, 0.3) is 0 Å². The minimum absolute atomic E-state index is 0.0367. The summed E-state index contributed by atoms with van der Waals surface area (Å²) in [5.41, 5.74) is 1.05. The molecule has 0 spiro atoms. The van der Waals surface area contributed by atoms with E-state index >= 15 is 0 Å². The summed E-state index contributed by atoms with van der Waals surface area (Å²) in [7, 11) is -1.97. The Morgan fingerprint density at radius 3 is 2.48 bits per heavy atom. The first-order valence-corrected chi connectivity index (χ1v) is 13.2. The lowest BCUT2D eigenvalue weighted by molar-refractivity contribution is -0.163. The van der Waals surface area contributed by atoms with Gasteiger partial charge < -0.3 is 14.3 Å². The van der Waals surface area contributed by atoms with Crippen molar-refractivity contribution in [2.75, 3.05) is 0 Å². The molecule has 1 N–H and O–H groups in total. The van der Waals surface area contributed by atoms with Gasteiger partial charge in [-0.3, -0.25) is 0 Å². The Balaban J connectivity index is 2.21. The number of carbonyl (C=O) groups excluding carboxylic acids is 1. The van der Waals surface area contributed by atoms with Crippen molar-refractivity contribution < 1.29 is 23.5 Å². The molecular weight excluding hydrogens is 387 g/mol. The standard InChI is InChI=1S/C23H35FO4Si/c1-16(2)23(14-20(25)13-21(26)28-23)11-10-17-8-9-19(24)12-18(17)15-27-29(6,7)22(3,4)5/h8-9,12-13,16,25H,10-11,14-15H2,1-7H3. The van der Waals surface area contributed by atoms with Gasteiger partial charge in [0, 0.05) is 6.42 Å². The van der Waals surface area contributed by atoms with E-state index in [0.29, 0.717) is 25.9 Å². The minimum atomic E-state index is -1.97. The highest BCUT2D eigenvalue weighted by Gasteiger charge is 2.41. The summed E-state index contributed by atoms with van der Waals surface area (Å²) in [6.45, 7) is 15.2. The van der Waals surface area contributed by atoms with Crippen molar-refractivity contribution in [3.63, 3.8) is 0 Å². The maximum atomic E-state index is 13.9. The molecule has 1 heterocycles. The van der Waals surface area contributed by atoms with Gasteiger partial charge in [-0.25, -0.2) is 9.18 Å². The van der Waals surface area contributed by atoms with Crippen LogP contribution in [0.5, 0.6) is 0 Å². The summed E-state index contributed by atoms with van der Waals surface area (Å²) < 4.78 is 25.9. The average Bonchev–Trinajstić information content (AvgIpc) is 2.57. The fourth-order valence-electron chi connectivity index (χ4n) is 3.30. The fourth-order valence-corrected chi connectivity index (χ4v) is 4.25. The largest absolute Gasteiger partial charge is 0.512 e. The number of benzene rings is 1. The molecule has 1 atom stereocenters. The molecule has 1 aromatic rings. The van der Waals surface area contributed by atoms with E-state index in [1.165, 1.54) is 12.1 Å². The molecule has 0 amide bonds. The molecule has 0 fully saturated rings. The minimum Gasteiger partial charge on any atom is -0.512 e. The molecule has 0 radical (unpaired) electrons. The maximum Gasteiger partial charge on any atom is 0.334 e. The Hall–Kier alpha value is -1.66. The molecule has 2 rings (SSSR count). The third-order valence-corrected chi connectivity index (χ3v) is 11.0. The number of hydrogen-bond acceptors (Lipinski definition) is 4. The number of aryl methyl sites for hydroxylation is 1. The fraction of sp³-hybridized carbons (Fsp3) is 0.609. The summed E-state index contributed by atoms with van der Waals surface area (Å²) in [6.07, 6.45) is 2.59. The van der Waals surface area contributed by atoms with Crippen LogP contribution in [0.25, 0.3) is 0 Å². The SMILES string of the molecule is CC(C)C1(CCc2ccc(F)cc2CO[Si](C)(C)C(C)(C)C)CC(O)=CC(=O)O1. The van der Waals surface area contributed by atoms with Crippen LogP contribution in [0, 0.1) is 11.7 Å². The van der Waals surface area contributed by atoms with E-state index in [1.807, 2.05) is 13.8 Å². The second-order valence-corrected chi connectivity index (χ2v) is 14.7. The smallest absolute Gasteiger partial charge is 0.334 e. The van der Waals surface area contributed by atoms with Crippen molar-refractivity contribution in [2.24, 2.45) is 5.92 Å². The van der Waals surface area contributed by atoms with Crippen LogP contribution in [0.4, 0.5) is 4.39 Å². The molecule has 6 heteroatoms. The zero-order chi connectivity index (χ0) is 22.0. The predicted octanol–water partition coefficient (Wildman–Crippen LogP) is 6.06. The third-order valence-electron chi connectivity index (χ3n) is 6.50. The lowest BCUT2D eigenvalue weighted by atomic mass is 9.79. The molecule has 0 saturated carbocycles. The summed E-state index contributed by atoms with van der Waals surface area (Å²) >= 11 is 0. The van der Waals surface area contributed by atoms with E-state index in [9.17, 15) is 14.3 Å². The number of hydrogen-bond donors (Lipinski definition) is 1. The highest BCUT2D eigenvalue weighted by atomic mass is 28.4. The number of aliphatic hydroxyl groups excluding tert-OH is 1. The molecule has 4 nitrogen and oxygen atoms in total. The van der Waals surface area contributed by atoms with Crippen molar-refractivity contribution in [2.45, 2.75) is 84.2 Å². The molecule has 1 aliphatic rings. The Morgan fingerprint density at radius 2 is 1.93 bits per heavy atom. The first-order chi connectivity index (χ1) is 13.3. The highest BCUT2D eigenvalue weighted by molar-refractivity contribution is 6.74. The first kappa shape index (κ1) is 23.6. The van der Waals surface area contributed by atoms with Crippen LogP contribution in [0.3, 0.4) is 0 Å². The molecule has 1 aromatic carbocycles. The summed E-state index contributed by atoms with van der Waals surface area (Å²) in [5.74, 6) is -0.709. The number of halogens is 1. The molecule has 0 saturated heterocycles. The average molecular weight is 423 g/mol. The molecule has 0 aromatic heterocycles. The number of esters is 1. The number of ether oxygens (including phenoxy) is 1. The Labute approximate surface area is 175 Å². The van der Waals surface area contributed by atoms with Gasteiger partial charge in [0.15, 0.2) is 8.32 Å². The maximum absolute atomic E-state index is 13.9. The lowest BCUT2D eigenvalue weighted by Crippen LogP contribution is -2.43. The van der Waals surface area contributed by atoms with Crippen LogP contribution >= 0.6 is 0 Å². The topological polar surface area (TPSA) is 55.8 Å². The van der Waals surface area contributed by atoms with Gasteiger partial charge in [-0.05, 0) is 60.2 Å². The number of rotatable bonds is 7. The van der Waals surface area contributed by atoms with Gasteiger partial charge in [0.2, 0.25) is 0 Å². The van der Waals surface area contributed by atoms with Crippen molar-refractivity contribution in [3.05, 3.63) is 47.0 Å². The van der Waals surface area contributed by atoms with Gasteiger partial charge in [-0.15, -0.1) is 0 Å². The summed E-state index contributed by atoms with van der Waals surface area (Å²) in [4.78, 5) is 11.9. The van der Waals surface area contributed by atoms with E-state index < -0.39 is 19.9 Å². The van der Waals surface area contributed by atoms with Gasteiger partial charge >= 0.3 is 5.97 Å². The van der Waals surface area contributed by atoms with Crippen molar-refractivity contribution in [3.8, 4) is 0 Å². The van der Waals surface area contributed by atoms with Crippen molar-refractivity contribution in [1.29, 1.82) is 0 Å². The third kappa shape index (κ3) is 5.69. The van der Waals surface area contributed by atoms with Gasteiger partial charge in [0.05, 0.1) is 12.7 Å². The number of carbonyl (C=O) groups is 1. The molecule has 29 heavy (non-hydrogen) atoms. The second kappa shape index (κ2) is 8.60. The van der Waals surface area contributed by atoms with Gasteiger partial charge in [0.1, 0.15) is 17.2 Å². The zero-order valence-electron chi connectivity index (χ0n) is 18.8. The Morgan fingerprint density at radius 1 is 1.28 bits per heavy atom. The second-order valence-electron chi connectivity index (χ2n) is 9.92. The lowest BCUT2D eigenvalue weighted by Gasteiger charge is -2.39. The number of cyclic esters (lactones) is 1. The molecule has 1 unspecified atom stereocenters. The van der Waals surface area contributed by atoms with E-state index in [0.717, 1.165) is 17.2 Å². The Bertz CT molecular complexity index is 780. The first-order valence-electron chi connectivity index (χ1n) is 10.3. The van der Waals surface area contributed by atoms with Gasteiger partial charge in [-0.1, -0.05) is 40.7 Å². The number of aliphatic hydroxyl groups is 1. The summed E-state index contributed by atoms with van der Waals surface area (Å²) in [5, 5.41) is 10.1. The highest BCUT2D eigenvalue weighted by Crippen LogP contribution is 2.38. The van der Waals surface area contributed by atoms with E-state index in [4.69, 9.17) is 9.16 Å². The van der Waals surface area contributed by atoms with Crippen LogP contribution < -0.4 is 0 Å². The van der Waals surface area contributed by atoms with Crippen molar-refractivity contribution >= 4 is 14.3 Å². The zero-order valence-corrected chi connectivity index (χ0v) is 19.8. The molecule has 0 aliphatic carbocycles.